The van der Waals surface area contributed by atoms with Crippen LogP contribution in [0.2, 0.25) is 0 Å². The van der Waals surface area contributed by atoms with Crippen molar-refractivity contribution in [3.63, 3.8) is 0 Å². The molecule has 88 valence electrons. The van der Waals surface area contributed by atoms with Gasteiger partial charge in [0.05, 0.1) is 6.04 Å². The van der Waals surface area contributed by atoms with Gasteiger partial charge in [-0.05, 0) is 26.0 Å². The molecule has 0 spiro atoms. The summed E-state index contributed by atoms with van der Waals surface area (Å²) in [5, 5.41) is 3.28. The van der Waals surface area contributed by atoms with E-state index in [1.54, 1.807) is 6.07 Å². The molecular formula is C12H18N2O2. The molecule has 2 heterocycles. The molecule has 16 heavy (non-hydrogen) atoms. The number of rotatable bonds is 3. The second kappa shape index (κ2) is 4.80. The van der Waals surface area contributed by atoms with Crippen molar-refractivity contribution in [2.45, 2.75) is 19.9 Å². The summed E-state index contributed by atoms with van der Waals surface area (Å²) in [6.45, 7) is 7.56. The van der Waals surface area contributed by atoms with Gasteiger partial charge in [-0.3, -0.25) is 9.69 Å². The van der Waals surface area contributed by atoms with Crippen LogP contribution >= 0.6 is 0 Å². The summed E-state index contributed by atoms with van der Waals surface area (Å²) in [5.74, 6) is 1.34. The van der Waals surface area contributed by atoms with E-state index in [1.165, 1.54) is 0 Å². The first-order valence-corrected chi connectivity index (χ1v) is 5.74. The van der Waals surface area contributed by atoms with Crippen LogP contribution in [-0.2, 0) is 0 Å². The van der Waals surface area contributed by atoms with Gasteiger partial charge >= 0.3 is 0 Å². The molecule has 1 saturated heterocycles. The molecule has 1 unspecified atom stereocenters. The second-order valence-corrected chi connectivity index (χ2v) is 4.24. The Morgan fingerprint density at radius 1 is 1.44 bits per heavy atom. The first-order chi connectivity index (χ1) is 7.68. The fraction of sp³-hybridized carbons (Fsp3) is 0.583. The number of nitrogens with one attached hydrogen (secondary N) is 1. The van der Waals surface area contributed by atoms with Gasteiger partial charge in [-0.1, -0.05) is 0 Å². The minimum atomic E-state index is -0.0901. The van der Waals surface area contributed by atoms with Crippen LogP contribution in [0.4, 0.5) is 0 Å². The highest BCUT2D eigenvalue weighted by Crippen LogP contribution is 2.12. The van der Waals surface area contributed by atoms with Gasteiger partial charge in [0.2, 0.25) is 5.78 Å². The van der Waals surface area contributed by atoms with E-state index in [1.807, 2.05) is 19.9 Å². The average molecular weight is 222 g/mol. The molecule has 2 rings (SSSR count). The molecule has 0 amide bonds. The van der Waals surface area contributed by atoms with Crippen molar-refractivity contribution in [1.29, 1.82) is 0 Å². The highest BCUT2D eigenvalue weighted by Gasteiger charge is 2.25. The predicted molar refractivity (Wildman–Crippen MR) is 61.7 cm³/mol. The first kappa shape index (κ1) is 11.4. The number of hydrogen-bond donors (Lipinski definition) is 1. The topological polar surface area (TPSA) is 45.5 Å². The van der Waals surface area contributed by atoms with Gasteiger partial charge in [0.1, 0.15) is 5.76 Å². The summed E-state index contributed by atoms with van der Waals surface area (Å²) in [4.78, 5) is 14.3. The van der Waals surface area contributed by atoms with Crippen LogP contribution in [0.15, 0.2) is 16.5 Å². The molecule has 1 aliphatic heterocycles. The molecule has 1 N–H and O–H groups in total. The highest BCUT2D eigenvalue weighted by atomic mass is 16.3. The third kappa shape index (κ3) is 2.33. The molecule has 0 aliphatic carbocycles. The number of Topliss-reactive ketones (excluding diaryl/α,β-unsaturated/α-hetero) is 1. The smallest absolute Gasteiger partial charge is 0.214 e. The van der Waals surface area contributed by atoms with E-state index >= 15 is 0 Å². The van der Waals surface area contributed by atoms with Crippen molar-refractivity contribution in [1.82, 2.24) is 10.2 Å². The summed E-state index contributed by atoms with van der Waals surface area (Å²) in [7, 11) is 0. The van der Waals surface area contributed by atoms with Gasteiger partial charge in [-0.15, -0.1) is 0 Å². The zero-order valence-corrected chi connectivity index (χ0v) is 9.82. The summed E-state index contributed by atoms with van der Waals surface area (Å²) in [6.07, 6.45) is 0. The molecule has 4 nitrogen and oxygen atoms in total. The zero-order valence-electron chi connectivity index (χ0n) is 9.82. The normalized spacial score (nSPS) is 19.6. The maximum absolute atomic E-state index is 12.1. The van der Waals surface area contributed by atoms with Crippen LogP contribution in [0.5, 0.6) is 0 Å². The number of piperazine rings is 1. The van der Waals surface area contributed by atoms with Crippen LogP contribution < -0.4 is 5.32 Å². The largest absolute Gasteiger partial charge is 0.458 e. The van der Waals surface area contributed by atoms with Gasteiger partial charge in [-0.25, -0.2) is 0 Å². The number of aryl methyl sites for hydroxylation is 1. The lowest BCUT2D eigenvalue weighted by Crippen LogP contribution is -2.50. The van der Waals surface area contributed by atoms with Crippen LogP contribution in [0.3, 0.4) is 0 Å². The Balaban J connectivity index is 2.03. The van der Waals surface area contributed by atoms with Gasteiger partial charge in [-0.2, -0.15) is 0 Å². The van der Waals surface area contributed by atoms with Gasteiger partial charge in [0, 0.05) is 26.2 Å². The fourth-order valence-corrected chi connectivity index (χ4v) is 2.01. The number of furan rings is 1. The van der Waals surface area contributed by atoms with Crippen LogP contribution in [0.25, 0.3) is 0 Å². The lowest BCUT2D eigenvalue weighted by Gasteiger charge is -2.31. The van der Waals surface area contributed by atoms with E-state index in [4.69, 9.17) is 4.42 Å². The highest BCUT2D eigenvalue weighted by molar-refractivity contribution is 5.97. The summed E-state index contributed by atoms with van der Waals surface area (Å²) >= 11 is 0. The minimum Gasteiger partial charge on any atom is -0.458 e. The van der Waals surface area contributed by atoms with E-state index < -0.39 is 0 Å². The SMILES string of the molecule is Cc1ccc(C(=O)C(C)N2CCNCC2)o1. The number of nitrogens with zero attached hydrogens (tertiary/aromatic N) is 1. The van der Waals surface area contributed by atoms with Crippen LogP contribution in [0.1, 0.15) is 23.2 Å². The van der Waals surface area contributed by atoms with Crippen LogP contribution in [-0.4, -0.2) is 42.9 Å². The van der Waals surface area contributed by atoms with Gasteiger partial charge in [0.15, 0.2) is 5.76 Å². The Morgan fingerprint density at radius 3 is 2.69 bits per heavy atom. The van der Waals surface area contributed by atoms with E-state index in [0.717, 1.165) is 31.9 Å². The van der Waals surface area contributed by atoms with Crippen molar-refractivity contribution in [2.75, 3.05) is 26.2 Å². The van der Waals surface area contributed by atoms with Crippen molar-refractivity contribution in [3.8, 4) is 0 Å². The van der Waals surface area contributed by atoms with Crippen molar-refractivity contribution in [3.05, 3.63) is 23.7 Å². The molecular weight excluding hydrogens is 204 g/mol. The lowest BCUT2D eigenvalue weighted by atomic mass is 10.1. The lowest BCUT2D eigenvalue weighted by molar-refractivity contribution is 0.0790. The third-order valence-electron chi connectivity index (χ3n) is 3.06. The van der Waals surface area contributed by atoms with Gasteiger partial charge < -0.3 is 9.73 Å². The number of ketones is 1. The Morgan fingerprint density at radius 2 is 2.12 bits per heavy atom. The Labute approximate surface area is 95.6 Å². The minimum absolute atomic E-state index is 0.0787. The third-order valence-corrected chi connectivity index (χ3v) is 3.06. The Bertz CT molecular complexity index is 367. The van der Waals surface area contributed by atoms with E-state index in [9.17, 15) is 4.79 Å². The Hall–Kier alpha value is -1.13. The molecule has 1 atom stereocenters. The summed E-state index contributed by atoms with van der Waals surface area (Å²) < 4.78 is 5.37. The van der Waals surface area contributed by atoms with E-state index in [-0.39, 0.29) is 11.8 Å². The summed E-state index contributed by atoms with van der Waals surface area (Å²) in [6, 6.07) is 3.50. The molecule has 1 fully saturated rings. The average Bonchev–Trinajstić information content (AvgIpc) is 2.75. The van der Waals surface area contributed by atoms with Crippen molar-refractivity contribution < 1.29 is 9.21 Å². The standard InChI is InChI=1S/C12H18N2O2/c1-9-3-4-11(16-9)12(15)10(2)14-7-5-13-6-8-14/h3-4,10,13H,5-8H2,1-2H3. The van der Waals surface area contributed by atoms with Crippen molar-refractivity contribution >= 4 is 5.78 Å². The quantitative estimate of drug-likeness (QED) is 0.777. The monoisotopic (exact) mass is 222 g/mol. The molecule has 1 aromatic heterocycles. The Kier molecular flexibility index (Phi) is 3.41. The van der Waals surface area contributed by atoms with E-state index in [0.29, 0.717) is 5.76 Å². The molecule has 0 radical (unpaired) electrons. The molecule has 0 aromatic carbocycles. The summed E-state index contributed by atoms with van der Waals surface area (Å²) in [5.41, 5.74) is 0. The number of carbonyl (C=O) groups excluding carboxylic acids is 1. The second-order valence-electron chi connectivity index (χ2n) is 4.24. The van der Waals surface area contributed by atoms with Gasteiger partial charge in [0.25, 0.3) is 0 Å². The predicted octanol–water partition coefficient (Wildman–Crippen LogP) is 1.06. The maximum Gasteiger partial charge on any atom is 0.214 e. The molecule has 0 bridgehead atoms. The molecule has 4 heteroatoms. The molecule has 1 aliphatic rings. The molecule has 0 saturated carbocycles. The first-order valence-electron chi connectivity index (χ1n) is 5.74. The maximum atomic E-state index is 12.1. The number of carbonyl (C=O) groups is 1. The number of hydrogen-bond acceptors (Lipinski definition) is 4. The molecule has 1 aromatic rings. The van der Waals surface area contributed by atoms with Crippen molar-refractivity contribution in [2.24, 2.45) is 0 Å². The van der Waals surface area contributed by atoms with Crippen LogP contribution in [0, 0.1) is 6.92 Å². The fourth-order valence-electron chi connectivity index (χ4n) is 2.01. The van der Waals surface area contributed by atoms with E-state index in [2.05, 4.69) is 10.2 Å². The zero-order chi connectivity index (χ0) is 11.5.